The molecule has 0 saturated heterocycles. The standard InChI is InChI=1S/C19H25N3/c1-15(2)12-22(13-16(3)4)14-18-7-5-6-17(8-18)9-19(10-20)11-21/h5-9,15-16H,12-14H2,1-4H3. The molecule has 0 aromatic heterocycles. The van der Waals surface area contributed by atoms with Gasteiger partial charge in [-0.3, -0.25) is 4.90 Å². The van der Waals surface area contributed by atoms with E-state index in [9.17, 15) is 0 Å². The summed E-state index contributed by atoms with van der Waals surface area (Å²) < 4.78 is 0. The van der Waals surface area contributed by atoms with Gasteiger partial charge in [-0.2, -0.15) is 10.5 Å². The lowest BCUT2D eigenvalue weighted by Gasteiger charge is -2.26. The van der Waals surface area contributed by atoms with Gasteiger partial charge in [0.25, 0.3) is 0 Å². The zero-order valence-electron chi connectivity index (χ0n) is 14.0. The van der Waals surface area contributed by atoms with E-state index in [1.807, 2.05) is 24.3 Å². The molecule has 0 heterocycles. The predicted octanol–water partition coefficient (Wildman–Crippen LogP) is 4.23. The van der Waals surface area contributed by atoms with Crippen LogP contribution in [0.15, 0.2) is 29.8 Å². The van der Waals surface area contributed by atoms with Crippen LogP contribution in [0, 0.1) is 34.5 Å². The highest BCUT2D eigenvalue weighted by Gasteiger charge is 2.10. The van der Waals surface area contributed by atoms with Gasteiger partial charge in [-0.1, -0.05) is 52.0 Å². The third-order valence-electron chi connectivity index (χ3n) is 3.16. The van der Waals surface area contributed by atoms with E-state index in [0.29, 0.717) is 11.8 Å². The van der Waals surface area contributed by atoms with E-state index in [1.165, 1.54) is 5.56 Å². The van der Waals surface area contributed by atoms with Crippen LogP contribution in [0.25, 0.3) is 6.08 Å². The van der Waals surface area contributed by atoms with Gasteiger partial charge in [-0.25, -0.2) is 0 Å². The summed E-state index contributed by atoms with van der Waals surface area (Å²) in [5.41, 5.74) is 2.26. The highest BCUT2D eigenvalue weighted by Crippen LogP contribution is 2.14. The fraction of sp³-hybridized carbons (Fsp3) is 0.474. The fourth-order valence-electron chi connectivity index (χ4n) is 2.53. The lowest BCUT2D eigenvalue weighted by molar-refractivity contribution is 0.211. The molecule has 1 aromatic carbocycles. The minimum Gasteiger partial charge on any atom is -0.299 e. The average molecular weight is 295 g/mol. The molecule has 3 heteroatoms. The van der Waals surface area contributed by atoms with Crippen LogP contribution < -0.4 is 0 Å². The van der Waals surface area contributed by atoms with Crippen LogP contribution in [0.4, 0.5) is 0 Å². The normalized spacial score (nSPS) is 10.6. The Hall–Kier alpha value is -2.10. The second-order valence-corrected chi connectivity index (χ2v) is 6.51. The molecule has 0 spiro atoms. The van der Waals surface area contributed by atoms with Crippen molar-refractivity contribution in [3.05, 3.63) is 41.0 Å². The molecule has 0 aliphatic heterocycles. The average Bonchev–Trinajstić information content (AvgIpc) is 2.43. The van der Waals surface area contributed by atoms with Crippen LogP contribution in [-0.2, 0) is 6.54 Å². The van der Waals surface area contributed by atoms with Crippen molar-refractivity contribution in [2.24, 2.45) is 11.8 Å². The SMILES string of the molecule is CC(C)CN(Cc1cccc(C=C(C#N)C#N)c1)CC(C)C. The van der Waals surface area contributed by atoms with Gasteiger partial charge in [0.2, 0.25) is 0 Å². The summed E-state index contributed by atoms with van der Waals surface area (Å²) in [7, 11) is 0. The van der Waals surface area contributed by atoms with E-state index >= 15 is 0 Å². The molecule has 0 amide bonds. The summed E-state index contributed by atoms with van der Waals surface area (Å²) in [5.74, 6) is 1.26. The summed E-state index contributed by atoms with van der Waals surface area (Å²) in [5, 5.41) is 17.7. The van der Waals surface area contributed by atoms with Gasteiger partial charge in [0.15, 0.2) is 0 Å². The summed E-state index contributed by atoms with van der Waals surface area (Å²) in [4.78, 5) is 2.47. The molecular weight excluding hydrogens is 270 g/mol. The van der Waals surface area contributed by atoms with Crippen LogP contribution in [0.5, 0.6) is 0 Å². The largest absolute Gasteiger partial charge is 0.299 e. The molecule has 0 fully saturated rings. The number of benzene rings is 1. The number of nitriles is 2. The van der Waals surface area contributed by atoms with Crippen LogP contribution >= 0.6 is 0 Å². The van der Waals surface area contributed by atoms with Gasteiger partial charge in [0.05, 0.1) is 0 Å². The maximum atomic E-state index is 8.85. The molecule has 0 aliphatic carbocycles. The van der Waals surface area contributed by atoms with Crippen molar-refractivity contribution in [1.82, 2.24) is 4.90 Å². The predicted molar refractivity (Wildman–Crippen MR) is 90.6 cm³/mol. The maximum Gasteiger partial charge on any atom is 0.130 e. The Morgan fingerprint density at radius 2 is 1.68 bits per heavy atom. The van der Waals surface area contributed by atoms with E-state index in [0.717, 1.165) is 25.2 Å². The molecule has 0 unspecified atom stereocenters. The Morgan fingerprint density at radius 3 is 2.18 bits per heavy atom. The van der Waals surface area contributed by atoms with Crippen molar-refractivity contribution in [2.45, 2.75) is 34.2 Å². The Kier molecular flexibility index (Phi) is 7.37. The van der Waals surface area contributed by atoms with Crippen molar-refractivity contribution in [1.29, 1.82) is 10.5 Å². The molecule has 3 nitrogen and oxygen atoms in total. The van der Waals surface area contributed by atoms with Crippen molar-refractivity contribution in [3.8, 4) is 12.1 Å². The molecule has 0 aliphatic rings. The van der Waals surface area contributed by atoms with Crippen molar-refractivity contribution in [2.75, 3.05) is 13.1 Å². The highest BCUT2D eigenvalue weighted by molar-refractivity contribution is 5.62. The van der Waals surface area contributed by atoms with E-state index in [1.54, 1.807) is 6.08 Å². The molecule has 0 saturated carbocycles. The Balaban J connectivity index is 2.90. The van der Waals surface area contributed by atoms with Crippen LogP contribution in [0.1, 0.15) is 38.8 Å². The number of hydrogen-bond acceptors (Lipinski definition) is 3. The first-order valence-corrected chi connectivity index (χ1v) is 7.77. The Morgan fingerprint density at radius 1 is 1.09 bits per heavy atom. The molecule has 0 bridgehead atoms. The molecule has 0 N–H and O–H groups in total. The number of allylic oxidation sites excluding steroid dienone is 1. The van der Waals surface area contributed by atoms with Gasteiger partial charge in [0, 0.05) is 19.6 Å². The molecule has 116 valence electrons. The second-order valence-electron chi connectivity index (χ2n) is 6.51. The summed E-state index contributed by atoms with van der Waals surface area (Å²) >= 11 is 0. The molecule has 1 aromatic rings. The highest BCUT2D eigenvalue weighted by atomic mass is 15.1. The molecule has 1 rings (SSSR count). The monoisotopic (exact) mass is 295 g/mol. The Labute approximate surface area is 134 Å². The van der Waals surface area contributed by atoms with Gasteiger partial charge in [0.1, 0.15) is 17.7 Å². The van der Waals surface area contributed by atoms with E-state index < -0.39 is 0 Å². The van der Waals surface area contributed by atoms with E-state index in [2.05, 4.69) is 44.7 Å². The van der Waals surface area contributed by atoms with Crippen LogP contribution in [0.3, 0.4) is 0 Å². The summed E-state index contributed by atoms with van der Waals surface area (Å²) in [6.07, 6.45) is 1.64. The smallest absolute Gasteiger partial charge is 0.130 e. The van der Waals surface area contributed by atoms with Gasteiger partial charge in [-0.15, -0.1) is 0 Å². The molecule has 0 atom stereocenters. The van der Waals surface area contributed by atoms with Gasteiger partial charge >= 0.3 is 0 Å². The zero-order valence-corrected chi connectivity index (χ0v) is 14.0. The van der Waals surface area contributed by atoms with Crippen molar-refractivity contribution < 1.29 is 0 Å². The van der Waals surface area contributed by atoms with E-state index in [4.69, 9.17) is 10.5 Å². The molecule has 22 heavy (non-hydrogen) atoms. The van der Waals surface area contributed by atoms with Gasteiger partial charge in [-0.05, 0) is 29.0 Å². The van der Waals surface area contributed by atoms with Crippen LogP contribution in [0.2, 0.25) is 0 Å². The maximum absolute atomic E-state index is 8.85. The quantitative estimate of drug-likeness (QED) is 0.707. The Bertz CT molecular complexity index is 559. The van der Waals surface area contributed by atoms with E-state index in [-0.39, 0.29) is 5.57 Å². The summed E-state index contributed by atoms with van der Waals surface area (Å²) in [6, 6.07) is 11.9. The zero-order chi connectivity index (χ0) is 16.5. The minimum atomic E-state index is 0.137. The summed E-state index contributed by atoms with van der Waals surface area (Å²) in [6.45, 7) is 12.0. The molecule has 0 radical (unpaired) electrons. The number of nitrogens with zero attached hydrogens (tertiary/aromatic N) is 3. The third-order valence-corrected chi connectivity index (χ3v) is 3.16. The minimum absolute atomic E-state index is 0.137. The van der Waals surface area contributed by atoms with Gasteiger partial charge < -0.3 is 0 Å². The first kappa shape index (κ1) is 18.0. The van der Waals surface area contributed by atoms with Crippen molar-refractivity contribution >= 4 is 6.08 Å². The third kappa shape index (κ3) is 6.57. The number of rotatable bonds is 7. The van der Waals surface area contributed by atoms with Crippen molar-refractivity contribution in [3.63, 3.8) is 0 Å². The second kappa shape index (κ2) is 9.03. The molecular formula is C19H25N3. The lowest BCUT2D eigenvalue weighted by atomic mass is 10.1. The lowest BCUT2D eigenvalue weighted by Crippen LogP contribution is -2.30. The fourth-order valence-corrected chi connectivity index (χ4v) is 2.53. The number of hydrogen-bond donors (Lipinski definition) is 0. The first-order valence-electron chi connectivity index (χ1n) is 7.77. The topological polar surface area (TPSA) is 50.8 Å². The first-order chi connectivity index (χ1) is 10.4. The van der Waals surface area contributed by atoms with Crippen LogP contribution in [-0.4, -0.2) is 18.0 Å².